The molecular weight excluding hydrogens is 569 g/mol. The standard InChI is InChI=1S/C28H29N3O2S.HI/c1-5-29-18-17-20(21-12-8-9-13-22(21)29)15-16-24-26(32)31(7-3)28(34-24)27-30(6-2)25-19(4)11-10-14-23(25)33-27;/h8-18H,5-7H2,1-4H3;1H. The lowest BCUT2D eigenvalue weighted by Crippen LogP contribution is -2.34. The average molecular weight is 600 g/mol. The van der Waals surface area contributed by atoms with Gasteiger partial charge >= 0.3 is 0 Å². The molecule has 0 amide bonds. The van der Waals surface area contributed by atoms with Crippen LogP contribution in [0.4, 0.5) is 11.4 Å². The molecule has 3 aromatic rings. The number of nitrogens with zero attached hydrogens (tertiary/aromatic N) is 3. The van der Waals surface area contributed by atoms with Gasteiger partial charge in [-0.25, -0.2) is 0 Å². The highest BCUT2D eigenvalue weighted by Crippen LogP contribution is 2.41. The minimum atomic E-state index is 0. The van der Waals surface area contributed by atoms with Gasteiger partial charge in [0.1, 0.15) is 0 Å². The number of allylic oxidation sites excluding steroid dienone is 3. The van der Waals surface area contributed by atoms with Crippen molar-refractivity contribution in [3.05, 3.63) is 91.5 Å². The molecule has 182 valence electrons. The number of fused-ring (bicyclic) bond motifs is 2. The lowest BCUT2D eigenvalue weighted by Gasteiger charge is -2.26. The Morgan fingerprint density at radius 1 is 0.971 bits per heavy atom. The van der Waals surface area contributed by atoms with Crippen molar-refractivity contribution < 1.29 is 4.74 Å². The van der Waals surface area contributed by atoms with Gasteiger partial charge in [-0.1, -0.05) is 36.4 Å². The number of para-hydroxylation sites is 2. The summed E-state index contributed by atoms with van der Waals surface area (Å²) in [7, 11) is 0. The van der Waals surface area contributed by atoms with E-state index in [4.69, 9.17) is 4.74 Å². The fourth-order valence-electron chi connectivity index (χ4n) is 4.66. The molecule has 0 radical (unpaired) electrons. The third kappa shape index (κ3) is 4.36. The summed E-state index contributed by atoms with van der Waals surface area (Å²) in [5.74, 6) is 1.59. The van der Waals surface area contributed by atoms with Crippen LogP contribution in [-0.2, 0) is 6.54 Å². The Morgan fingerprint density at radius 2 is 1.77 bits per heavy atom. The van der Waals surface area contributed by atoms with E-state index in [9.17, 15) is 4.79 Å². The smallest absolute Gasteiger partial charge is 0.269 e. The highest BCUT2D eigenvalue weighted by molar-refractivity contribution is 14.0. The lowest BCUT2D eigenvalue weighted by molar-refractivity contribution is 0.512. The van der Waals surface area contributed by atoms with Crippen molar-refractivity contribution in [2.75, 3.05) is 22.9 Å². The molecule has 2 aromatic carbocycles. The third-order valence-corrected chi connectivity index (χ3v) is 7.48. The Morgan fingerprint density at radius 3 is 2.51 bits per heavy atom. The molecule has 1 aromatic heterocycles. The average Bonchev–Trinajstić information content (AvgIpc) is 3.40. The molecule has 0 saturated heterocycles. The van der Waals surface area contributed by atoms with Crippen molar-refractivity contribution in [1.82, 2.24) is 4.57 Å². The zero-order valence-electron chi connectivity index (χ0n) is 20.4. The maximum atomic E-state index is 13.3. The Hall–Kier alpha value is -2.78. The second-order valence-corrected chi connectivity index (χ2v) is 9.33. The monoisotopic (exact) mass is 599 g/mol. The van der Waals surface area contributed by atoms with E-state index in [1.54, 1.807) is 0 Å². The van der Waals surface area contributed by atoms with Crippen LogP contribution in [0, 0.1) is 6.92 Å². The van der Waals surface area contributed by atoms with Crippen LogP contribution in [0.15, 0.2) is 65.6 Å². The molecule has 7 heteroatoms. The van der Waals surface area contributed by atoms with Gasteiger partial charge in [0.15, 0.2) is 10.4 Å². The van der Waals surface area contributed by atoms with Crippen molar-refractivity contribution >= 4 is 64.2 Å². The molecule has 35 heavy (non-hydrogen) atoms. The van der Waals surface area contributed by atoms with Crippen LogP contribution >= 0.6 is 35.3 Å². The number of benzene rings is 2. The van der Waals surface area contributed by atoms with Crippen molar-refractivity contribution in [1.29, 1.82) is 0 Å². The number of halogens is 1. The summed E-state index contributed by atoms with van der Waals surface area (Å²) in [5, 5.41) is 0. The Kier molecular flexibility index (Phi) is 7.56. The van der Waals surface area contributed by atoms with Gasteiger partial charge in [0.05, 0.1) is 10.2 Å². The first-order valence-corrected chi connectivity index (χ1v) is 12.6. The molecule has 0 bridgehead atoms. The molecule has 2 aliphatic rings. The first-order chi connectivity index (χ1) is 16.6. The van der Waals surface area contributed by atoms with Crippen LogP contribution in [0.1, 0.15) is 31.9 Å². The van der Waals surface area contributed by atoms with E-state index in [1.807, 2.05) is 29.7 Å². The van der Waals surface area contributed by atoms with E-state index >= 15 is 0 Å². The molecule has 5 rings (SSSR count). The molecule has 2 aliphatic heterocycles. The number of anilines is 2. The van der Waals surface area contributed by atoms with Gasteiger partial charge in [-0.3, -0.25) is 9.36 Å². The zero-order valence-corrected chi connectivity index (χ0v) is 23.6. The summed E-state index contributed by atoms with van der Waals surface area (Å²) >= 11 is 1.49. The summed E-state index contributed by atoms with van der Waals surface area (Å²) in [5.41, 5.74) is 5.72. The highest BCUT2D eigenvalue weighted by atomic mass is 127. The van der Waals surface area contributed by atoms with Crippen LogP contribution in [0.2, 0.25) is 0 Å². The van der Waals surface area contributed by atoms with E-state index in [0.717, 1.165) is 46.2 Å². The second kappa shape index (κ2) is 10.5. The van der Waals surface area contributed by atoms with E-state index in [0.29, 0.717) is 11.1 Å². The number of hydrogen-bond donors (Lipinski definition) is 0. The number of rotatable bonds is 4. The Balaban J connectivity index is 0.00000289. The molecular formula is C28H30IN3O2S. The van der Waals surface area contributed by atoms with Crippen LogP contribution in [-0.4, -0.2) is 17.7 Å². The number of ether oxygens (including phenoxy) is 1. The van der Waals surface area contributed by atoms with Gasteiger partial charge in [0, 0.05) is 37.1 Å². The van der Waals surface area contributed by atoms with Gasteiger partial charge in [-0.05, 0) is 63.1 Å². The van der Waals surface area contributed by atoms with E-state index < -0.39 is 0 Å². The minimum Gasteiger partial charge on any atom is -0.436 e. The van der Waals surface area contributed by atoms with E-state index in [-0.39, 0.29) is 29.5 Å². The molecule has 0 spiro atoms. The SMILES string of the molecule is CCN1C=CC(=CC=c2sc(=C3Oc4cccc(C)c4N3CC)n(CC)c2=O)c2ccccc21.I. The molecule has 3 heterocycles. The molecule has 0 fully saturated rings. The Bertz CT molecular complexity index is 1500. The predicted octanol–water partition coefficient (Wildman–Crippen LogP) is 5.06. The molecule has 0 atom stereocenters. The van der Waals surface area contributed by atoms with Crippen molar-refractivity contribution in [3.63, 3.8) is 0 Å². The fraction of sp³-hybridized carbons (Fsp3) is 0.250. The van der Waals surface area contributed by atoms with Gasteiger partial charge in [0.25, 0.3) is 5.56 Å². The predicted molar refractivity (Wildman–Crippen MR) is 158 cm³/mol. The summed E-state index contributed by atoms with van der Waals surface area (Å²) < 4.78 is 9.67. The zero-order chi connectivity index (χ0) is 23.8. The van der Waals surface area contributed by atoms with Gasteiger partial charge < -0.3 is 14.5 Å². The molecule has 0 N–H and O–H groups in total. The largest absolute Gasteiger partial charge is 0.436 e. The van der Waals surface area contributed by atoms with Gasteiger partial charge in [0.2, 0.25) is 5.88 Å². The van der Waals surface area contributed by atoms with Crippen LogP contribution in [0.5, 0.6) is 5.75 Å². The maximum Gasteiger partial charge on any atom is 0.269 e. The van der Waals surface area contributed by atoms with Crippen molar-refractivity contribution in [2.45, 2.75) is 34.2 Å². The van der Waals surface area contributed by atoms with Crippen molar-refractivity contribution in [3.8, 4) is 5.75 Å². The van der Waals surface area contributed by atoms with E-state index in [1.165, 1.54) is 22.6 Å². The maximum absolute atomic E-state index is 13.3. The second-order valence-electron chi connectivity index (χ2n) is 8.30. The molecule has 0 saturated carbocycles. The minimum absolute atomic E-state index is 0. The fourth-order valence-corrected chi connectivity index (χ4v) is 5.76. The quantitative estimate of drug-likeness (QED) is 0.394. The first kappa shape index (κ1) is 25.3. The number of hydrogen-bond acceptors (Lipinski definition) is 5. The normalized spacial score (nSPS) is 17.4. The Labute approximate surface area is 227 Å². The highest BCUT2D eigenvalue weighted by Gasteiger charge is 2.29. The van der Waals surface area contributed by atoms with Crippen LogP contribution < -0.4 is 29.3 Å². The van der Waals surface area contributed by atoms with Gasteiger partial charge in [-0.15, -0.1) is 35.3 Å². The first-order valence-electron chi connectivity index (χ1n) is 11.8. The lowest BCUT2D eigenvalue weighted by atomic mass is 9.99. The van der Waals surface area contributed by atoms with Crippen LogP contribution in [0.3, 0.4) is 0 Å². The van der Waals surface area contributed by atoms with Crippen molar-refractivity contribution in [2.24, 2.45) is 0 Å². The molecule has 5 nitrogen and oxygen atoms in total. The number of aryl methyl sites for hydroxylation is 1. The summed E-state index contributed by atoms with van der Waals surface area (Å²) in [4.78, 5) is 17.7. The summed E-state index contributed by atoms with van der Waals surface area (Å²) in [6.45, 7) is 10.6. The number of thiazole rings is 1. The van der Waals surface area contributed by atoms with Crippen LogP contribution in [0.25, 0.3) is 17.5 Å². The molecule has 0 aliphatic carbocycles. The third-order valence-electron chi connectivity index (χ3n) is 6.36. The topological polar surface area (TPSA) is 37.7 Å². The summed E-state index contributed by atoms with van der Waals surface area (Å²) in [6, 6.07) is 14.5. The van der Waals surface area contributed by atoms with E-state index in [2.05, 4.69) is 79.3 Å². The molecule has 0 unspecified atom stereocenters. The summed E-state index contributed by atoms with van der Waals surface area (Å²) in [6.07, 6.45) is 8.22. The van der Waals surface area contributed by atoms with Gasteiger partial charge in [-0.2, -0.15) is 0 Å². The number of aromatic nitrogens is 1.